The SMILES string of the molecule is Cc1ccc2c(c1)nc(CCl)n2-c1ccc(F)c(C)c1. The van der Waals surface area contributed by atoms with Crippen LogP contribution in [0, 0.1) is 19.7 Å². The van der Waals surface area contributed by atoms with Crippen molar-refractivity contribution >= 4 is 22.6 Å². The van der Waals surface area contributed by atoms with Crippen LogP contribution in [-0.2, 0) is 5.88 Å². The third kappa shape index (κ3) is 2.08. The quantitative estimate of drug-likeness (QED) is 0.634. The lowest BCUT2D eigenvalue weighted by Crippen LogP contribution is -2.00. The van der Waals surface area contributed by atoms with Gasteiger partial charge in [-0.05, 0) is 55.3 Å². The van der Waals surface area contributed by atoms with Gasteiger partial charge in [-0.15, -0.1) is 11.6 Å². The second kappa shape index (κ2) is 4.91. The topological polar surface area (TPSA) is 17.8 Å². The monoisotopic (exact) mass is 288 g/mol. The van der Waals surface area contributed by atoms with Gasteiger partial charge in [0, 0.05) is 5.69 Å². The summed E-state index contributed by atoms with van der Waals surface area (Å²) in [6, 6.07) is 11.1. The molecule has 0 radical (unpaired) electrons. The van der Waals surface area contributed by atoms with Crippen LogP contribution in [0.3, 0.4) is 0 Å². The summed E-state index contributed by atoms with van der Waals surface area (Å²) < 4.78 is 15.4. The molecule has 3 rings (SSSR count). The van der Waals surface area contributed by atoms with Crippen molar-refractivity contribution in [2.45, 2.75) is 19.7 Å². The predicted octanol–water partition coefficient (Wildman–Crippen LogP) is 4.52. The minimum Gasteiger partial charge on any atom is -0.295 e. The summed E-state index contributed by atoms with van der Waals surface area (Å²) in [5.74, 6) is 0.865. The van der Waals surface area contributed by atoms with Gasteiger partial charge in [-0.1, -0.05) is 6.07 Å². The zero-order valence-corrected chi connectivity index (χ0v) is 12.1. The average molecular weight is 289 g/mol. The van der Waals surface area contributed by atoms with Gasteiger partial charge >= 0.3 is 0 Å². The Morgan fingerprint density at radius 1 is 1.15 bits per heavy atom. The largest absolute Gasteiger partial charge is 0.295 e. The maximum absolute atomic E-state index is 13.4. The molecule has 0 aliphatic rings. The lowest BCUT2D eigenvalue weighted by molar-refractivity contribution is 0.618. The Morgan fingerprint density at radius 3 is 2.65 bits per heavy atom. The number of rotatable bonds is 2. The van der Waals surface area contributed by atoms with Gasteiger partial charge in [0.05, 0.1) is 16.9 Å². The number of fused-ring (bicyclic) bond motifs is 1. The normalized spacial score (nSPS) is 11.2. The standard InChI is InChI=1S/C16H14ClFN2/c1-10-3-6-15-14(7-10)19-16(9-17)20(15)12-4-5-13(18)11(2)8-12/h3-8H,9H2,1-2H3. The summed E-state index contributed by atoms with van der Waals surface area (Å²) in [6.45, 7) is 3.78. The summed E-state index contributed by atoms with van der Waals surface area (Å²) in [7, 11) is 0. The number of aromatic nitrogens is 2. The lowest BCUT2D eigenvalue weighted by atomic mass is 10.2. The van der Waals surface area contributed by atoms with Crippen molar-refractivity contribution in [2.75, 3.05) is 0 Å². The zero-order chi connectivity index (χ0) is 14.3. The van der Waals surface area contributed by atoms with Gasteiger partial charge in [-0.2, -0.15) is 0 Å². The van der Waals surface area contributed by atoms with Gasteiger partial charge in [-0.25, -0.2) is 9.37 Å². The molecule has 0 aliphatic carbocycles. The number of halogens is 2. The fourth-order valence-corrected chi connectivity index (χ4v) is 2.57. The molecule has 0 saturated heterocycles. The fourth-order valence-electron chi connectivity index (χ4n) is 2.39. The van der Waals surface area contributed by atoms with Crippen LogP contribution in [0.15, 0.2) is 36.4 Å². The van der Waals surface area contributed by atoms with Crippen molar-refractivity contribution in [1.82, 2.24) is 9.55 Å². The number of imidazole rings is 1. The fraction of sp³-hybridized carbons (Fsp3) is 0.188. The Labute approximate surface area is 121 Å². The maximum Gasteiger partial charge on any atom is 0.129 e. The van der Waals surface area contributed by atoms with E-state index >= 15 is 0 Å². The van der Waals surface area contributed by atoms with Crippen LogP contribution < -0.4 is 0 Å². The molecule has 3 aromatic rings. The van der Waals surface area contributed by atoms with Crippen LogP contribution >= 0.6 is 11.6 Å². The summed E-state index contributed by atoms with van der Waals surface area (Å²) >= 11 is 6.01. The number of nitrogens with zero attached hydrogens (tertiary/aromatic N) is 2. The van der Waals surface area contributed by atoms with Crippen molar-refractivity contribution in [3.63, 3.8) is 0 Å². The summed E-state index contributed by atoms with van der Waals surface area (Å²) in [6.07, 6.45) is 0. The Kier molecular flexibility index (Phi) is 3.22. The Morgan fingerprint density at radius 2 is 1.95 bits per heavy atom. The van der Waals surface area contributed by atoms with E-state index in [2.05, 4.69) is 4.98 Å². The highest BCUT2D eigenvalue weighted by Crippen LogP contribution is 2.24. The van der Waals surface area contributed by atoms with Gasteiger partial charge in [0.2, 0.25) is 0 Å². The van der Waals surface area contributed by atoms with E-state index in [0.29, 0.717) is 11.4 Å². The second-order valence-electron chi connectivity index (χ2n) is 4.92. The highest BCUT2D eigenvalue weighted by Gasteiger charge is 2.12. The predicted molar refractivity (Wildman–Crippen MR) is 80.1 cm³/mol. The van der Waals surface area contributed by atoms with Crippen LogP contribution in [0.1, 0.15) is 17.0 Å². The number of benzene rings is 2. The van der Waals surface area contributed by atoms with Crippen LogP contribution in [0.25, 0.3) is 16.7 Å². The van der Waals surface area contributed by atoms with Crippen LogP contribution in [0.2, 0.25) is 0 Å². The van der Waals surface area contributed by atoms with E-state index in [1.54, 1.807) is 13.0 Å². The molecule has 2 nitrogen and oxygen atoms in total. The molecule has 0 bridgehead atoms. The van der Waals surface area contributed by atoms with Crippen LogP contribution in [-0.4, -0.2) is 9.55 Å². The van der Waals surface area contributed by atoms with Gasteiger partial charge in [0.1, 0.15) is 11.6 Å². The molecule has 102 valence electrons. The van der Waals surface area contributed by atoms with E-state index in [4.69, 9.17) is 11.6 Å². The van der Waals surface area contributed by atoms with Crippen molar-refractivity contribution in [1.29, 1.82) is 0 Å². The minimum atomic E-state index is -0.207. The average Bonchev–Trinajstić information content (AvgIpc) is 2.79. The summed E-state index contributed by atoms with van der Waals surface area (Å²) in [5, 5.41) is 0. The first-order valence-corrected chi connectivity index (χ1v) is 6.94. The number of hydrogen-bond donors (Lipinski definition) is 0. The second-order valence-corrected chi connectivity index (χ2v) is 5.19. The first-order chi connectivity index (χ1) is 9.60. The molecule has 2 aromatic carbocycles. The molecule has 0 aliphatic heterocycles. The molecule has 20 heavy (non-hydrogen) atoms. The molecule has 0 atom stereocenters. The molecule has 0 unspecified atom stereocenters. The molecule has 1 heterocycles. The van der Waals surface area contributed by atoms with Gasteiger partial charge in [-0.3, -0.25) is 4.57 Å². The van der Waals surface area contributed by atoms with E-state index in [9.17, 15) is 4.39 Å². The Hall–Kier alpha value is -1.87. The van der Waals surface area contributed by atoms with Crippen LogP contribution in [0.4, 0.5) is 4.39 Å². The van der Waals surface area contributed by atoms with E-state index in [1.807, 2.05) is 35.8 Å². The molecular weight excluding hydrogens is 275 g/mol. The molecule has 0 spiro atoms. The van der Waals surface area contributed by atoms with E-state index in [1.165, 1.54) is 6.07 Å². The molecule has 0 N–H and O–H groups in total. The lowest BCUT2D eigenvalue weighted by Gasteiger charge is -2.09. The number of alkyl halides is 1. The highest BCUT2D eigenvalue weighted by atomic mass is 35.5. The first kappa shape index (κ1) is 13.1. The molecule has 0 amide bonds. The molecule has 0 fully saturated rings. The van der Waals surface area contributed by atoms with Gasteiger partial charge in [0.15, 0.2) is 0 Å². The van der Waals surface area contributed by atoms with Gasteiger partial charge in [0.25, 0.3) is 0 Å². The van der Waals surface area contributed by atoms with Crippen molar-refractivity contribution in [3.05, 3.63) is 59.2 Å². The van der Waals surface area contributed by atoms with E-state index < -0.39 is 0 Å². The Balaban J connectivity index is 2.30. The summed E-state index contributed by atoms with van der Waals surface area (Å²) in [4.78, 5) is 4.56. The smallest absolute Gasteiger partial charge is 0.129 e. The van der Waals surface area contributed by atoms with Crippen molar-refractivity contribution in [2.24, 2.45) is 0 Å². The summed E-state index contributed by atoms with van der Waals surface area (Å²) in [5.41, 5.74) is 4.53. The molecule has 4 heteroatoms. The van der Waals surface area contributed by atoms with Crippen molar-refractivity contribution < 1.29 is 4.39 Å². The third-order valence-electron chi connectivity index (χ3n) is 3.40. The first-order valence-electron chi connectivity index (χ1n) is 6.40. The van der Waals surface area contributed by atoms with E-state index in [0.717, 1.165) is 28.1 Å². The zero-order valence-electron chi connectivity index (χ0n) is 11.3. The molecular formula is C16H14ClFN2. The van der Waals surface area contributed by atoms with Gasteiger partial charge < -0.3 is 0 Å². The number of aryl methyl sites for hydroxylation is 2. The van der Waals surface area contributed by atoms with Crippen LogP contribution in [0.5, 0.6) is 0 Å². The maximum atomic E-state index is 13.4. The third-order valence-corrected chi connectivity index (χ3v) is 3.64. The highest BCUT2D eigenvalue weighted by molar-refractivity contribution is 6.17. The van der Waals surface area contributed by atoms with E-state index in [-0.39, 0.29) is 5.82 Å². The minimum absolute atomic E-state index is 0.207. The van der Waals surface area contributed by atoms with Crippen molar-refractivity contribution in [3.8, 4) is 5.69 Å². The Bertz CT molecular complexity index is 793. The molecule has 0 saturated carbocycles. The molecule has 1 aromatic heterocycles. The number of hydrogen-bond acceptors (Lipinski definition) is 1.